The second-order valence-electron chi connectivity index (χ2n) is 6.26. The molecule has 0 fully saturated rings. The average molecular weight is 383 g/mol. The van der Waals surface area contributed by atoms with E-state index in [0.29, 0.717) is 13.0 Å². The van der Waals surface area contributed by atoms with Gasteiger partial charge in [-0.1, -0.05) is 12.1 Å². The number of carbonyl (C=O) groups is 2. The van der Waals surface area contributed by atoms with Crippen molar-refractivity contribution in [3.63, 3.8) is 0 Å². The van der Waals surface area contributed by atoms with Gasteiger partial charge in [-0.3, -0.25) is 4.79 Å². The van der Waals surface area contributed by atoms with Gasteiger partial charge in [-0.25, -0.2) is 9.48 Å². The highest BCUT2D eigenvalue weighted by atomic mass is 32.1. The first-order chi connectivity index (χ1) is 13.0. The van der Waals surface area contributed by atoms with Gasteiger partial charge in [-0.05, 0) is 55.7 Å². The van der Waals surface area contributed by atoms with Crippen molar-refractivity contribution in [1.82, 2.24) is 15.1 Å². The normalized spacial score (nSPS) is 10.7. The summed E-state index contributed by atoms with van der Waals surface area (Å²) in [4.78, 5) is 25.6. The Hall–Kier alpha value is -2.93. The van der Waals surface area contributed by atoms with Crippen LogP contribution in [0.2, 0.25) is 0 Å². The van der Waals surface area contributed by atoms with E-state index in [4.69, 9.17) is 5.11 Å². The van der Waals surface area contributed by atoms with E-state index in [-0.39, 0.29) is 11.6 Å². The number of thiophene rings is 1. The molecule has 140 valence electrons. The van der Waals surface area contributed by atoms with Crippen molar-refractivity contribution in [1.29, 1.82) is 0 Å². The predicted octanol–water partition coefficient (Wildman–Crippen LogP) is 3.58. The quantitative estimate of drug-likeness (QED) is 0.623. The highest BCUT2D eigenvalue weighted by molar-refractivity contribution is 7.11. The van der Waals surface area contributed by atoms with Gasteiger partial charge in [-0.15, -0.1) is 11.3 Å². The van der Waals surface area contributed by atoms with Crippen LogP contribution in [-0.2, 0) is 17.8 Å². The van der Waals surface area contributed by atoms with Gasteiger partial charge in [0.1, 0.15) is 0 Å². The third-order valence-electron chi connectivity index (χ3n) is 4.10. The Balaban J connectivity index is 1.50. The van der Waals surface area contributed by atoms with Crippen LogP contribution in [0.4, 0.5) is 0 Å². The van der Waals surface area contributed by atoms with Crippen LogP contribution >= 0.6 is 11.3 Å². The molecule has 1 amide bonds. The van der Waals surface area contributed by atoms with Crippen molar-refractivity contribution in [2.24, 2.45) is 0 Å². The summed E-state index contributed by atoms with van der Waals surface area (Å²) >= 11 is 1.78. The van der Waals surface area contributed by atoms with Gasteiger partial charge in [0.15, 0.2) is 5.69 Å². The van der Waals surface area contributed by atoms with Crippen LogP contribution in [0.15, 0.2) is 48.7 Å². The van der Waals surface area contributed by atoms with Crippen LogP contribution in [-0.4, -0.2) is 26.8 Å². The number of aromatic nitrogens is 2. The molecule has 0 saturated carbocycles. The van der Waals surface area contributed by atoms with Crippen LogP contribution < -0.4 is 5.32 Å². The zero-order valence-electron chi connectivity index (χ0n) is 15.0. The Labute approximate surface area is 161 Å². The summed E-state index contributed by atoms with van der Waals surface area (Å²) in [5, 5.41) is 15.9. The lowest BCUT2D eigenvalue weighted by atomic mass is 10.2. The maximum Gasteiger partial charge on any atom is 0.356 e. The first-order valence-electron chi connectivity index (χ1n) is 8.71. The summed E-state index contributed by atoms with van der Waals surface area (Å²) in [6.07, 6.45) is 3.86. The van der Waals surface area contributed by atoms with E-state index in [1.807, 2.05) is 24.3 Å². The molecule has 0 saturated heterocycles. The minimum absolute atomic E-state index is 0.00496. The average Bonchev–Trinajstić information content (AvgIpc) is 3.30. The van der Waals surface area contributed by atoms with Gasteiger partial charge in [0.2, 0.25) is 5.91 Å². The first-order valence-corrected chi connectivity index (χ1v) is 9.53. The fraction of sp³-hybridized carbons (Fsp3) is 0.250. The Bertz CT molecular complexity index is 945. The van der Waals surface area contributed by atoms with E-state index < -0.39 is 5.97 Å². The zero-order chi connectivity index (χ0) is 19.2. The number of aromatic carboxylic acids is 1. The molecular weight excluding hydrogens is 362 g/mol. The lowest BCUT2D eigenvalue weighted by molar-refractivity contribution is -0.121. The molecule has 0 aliphatic rings. The molecular formula is C20H21N3O3S. The number of carbonyl (C=O) groups excluding carboxylic acids is 1. The Morgan fingerprint density at radius 1 is 1.22 bits per heavy atom. The molecule has 2 heterocycles. The molecule has 0 aliphatic carbocycles. The van der Waals surface area contributed by atoms with E-state index >= 15 is 0 Å². The number of benzene rings is 1. The molecule has 3 aromatic rings. The first kappa shape index (κ1) is 18.8. The second kappa shape index (κ2) is 8.64. The van der Waals surface area contributed by atoms with Crippen LogP contribution in [0.1, 0.15) is 38.6 Å². The summed E-state index contributed by atoms with van der Waals surface area (Å²) in [7, 11) is 0. The summed E-state index contributed by atoms with van der Waals surface area (Å²) in [6.45, 7) is 2.51. The van der Waals surface area contributed by atoms with Gasteiger partial charge < -0.3 is 10.4 Å². The summed E-state index contributed by atoms with van der Waals surface area (Å²) < 4.78 is 1.51. The Morgan fingerprint density at radius 3 is 2.78 bits per heavy atom. The van der Waals surface area contributed by atoms with Crippen molar-refractivity contribution in [2.45, 2.75) is 32.7 Å². The second-order valence-corrected chi connectivity index (χ2v) is 7.64. The van der Waals surface area contributed by atoms with Gasteiger partial charge in [0.25, 0.3) is 0 Å². The van der Waals surface area contributed by atoms with Crippen molar-refractivity contribution < 1.29 is 14.7 Å². The SMILES string of the molecule is Cc1ccc(CCCC(=O)NCc2cccc(-n3ccc(C(=O)O)n3)c2)s1. The molecule has 0 aliphatic heterocycles. The lowest BCUT2D eigenvalue weighted by Gasteiger charge is -2.07. The molecule has 0 unspecified atom stereocenters. The largest absolute Gasteiger partial charge is 0.476 e. The fourth-order valence-corrected chi connectivity index (χ4v) is 3.65. The van der Waals surface area contributed by atoms with Crippen LogP contribution in [0.3, 0.4) is 0 Å². The standard InChI is InChI=1S/C20H21N3O3S/c1-14-8-9-17(27-14)6-3-7-19(24)21-13-15-4-2-5-16(12-15)23-11-10-18(22-23)20(25)26/h2,4-5,8-12H,3,6-7,13H2,1H3,(H,21,24)(H,25,26). The van der Waals surface area contributed by atoms with E-state index in [2.05, 4.69) is 29.5 Å². The molecule has 0 bridgehead atoms. The van der Waals surface area contributed by atoms with Crippen molar-refractivity contribution >= 4 is 23.2 Å². The van der Waals surface area contributed by atoms with E-state index in [9.17, 15) is 9.59 Å². The number of carboxylic acids is 1. The van der Waals surface area contributed by atoms with Gasteiger partial charge >= 0.3 is 5.97 Å². The summed E-state index contributed by atoms with van der Waals surface area (Å²) in [6, 6.07) is 13.2. The molecule has 7 heteroatoms. The number of hydrogen-bond acceptors (Lipinski definition) is 4. The number of hydrogen-bond donors (Lipinski definition) is 2. The topological polar surface area (TPSA) is 84.2 Å². The molecule has 1 aromatic carbocycles. The molecule has 0 radical (unpaired) electrons. The van der Waals surface area contributed by atoms with Crippen molar-refractivity contribution in [3.8, 4) is 5.69 Å². The molecule has 0 spiro atoms. The van der Waals surface area contributed by atoms with Crippen molar-refractivity contribution in [3.05, 3.63) is 69.7 Å². The lowest BCUT2D eigenvalue weighted by Crippen LogP contribution is -2.22. The highest BCUT2D eigenvalue weighted by Crippen LogP contribution is 2.17. The third-order valence-corrected chi connectivity index (χ3v) is 5.16. The minimum Gasteiger partial charge on any atom is -0.476 e. The predicted molar refractivity (Wildman–Crippen MR) is 104 cm³/mol. The number of amides is 1. The Kier molecular flexibility index (Phi) is 6.03. The smallest absolute Gasteiger partial charge is 0.356 e. The number of rotatable bonds is 8. The molecule has 0 atom stereocenters. The highest BCUT2D eigenvalue weighted by Gasteiger charge is 2.08. The van der Waals surface area contributed by atoms with E-state index in [1.54, 1.807) is 17.5 Å². The molecule has 2 aromatic heterocycles. The van der Waals surface area contributed by atoms with Crippen LogP contribution in [0.25, 0.3) is 5.69 Å². The van der Waals surface area contributed by atoms with Crippen LogP contribution in [0.5, 0.6) is 0 Å². The number of nitrogens with zero attached hydrogens (tertiary/aromatic N) is 2. The number of aryl methyl sites for hydroxylation is 2. The maximum atomic E-state index is 12.1. The van der Waals surface area contributed by atoms with Gasteiger partial charge in [0.05, 0.1) is 5.69 Å². The van der Waals surface area contributed by atoms with E-state index in [1.165, 1.54) is 20.5 Å². The minimum atomic E-state index is -1.06. The molecule has 2 N–H and O–H groups in total. The molecule has 6 nitrogen and oxygen atoms in total. The van der Waals surface area contributed by atoms with Gasteiger partial charge in [0, 0.05) is 28.9 Å². The monoisotopic (exact) mass is 383 g/mol. The maximum absolute atomic E-state index is 12.1. The van der Waals surface area contributed by atoms with Gasteiger partial charge in [-0.2, -0.15) is 5.10 Å². The number of nitrogens with one attached hydrogen (secondary N) is 1. The summed E-state index contributed by atoms with van der Waals surface area (Å²) in [5.74, 6) is -1.03. The number of carboxylic acid groups (broad SMARTS) is 1. The zero-order valence-corrected chi connectivity index (χ0v) is 15.8. The molecule has 3 rings (SSSR count). The molecule has 27 heavy (non-hydrogen) atoms. The van der Waals surface area contributed by atoms with E-state index in [0.717, 1.165) is 24.1 Å². The van der Waals surface area contributed by atoms with Crippen molar-refractivity contribution in [2.75, 3.05) is 0 Å². The third kappa shape index (κ3) is 5.27. The van der Waals surface area contributed by atoms with Crippen LogP contribution in [0, 0.1) is 6.92 Å². The fourth-order valence-electron chi connectivity index (χ4n) is 2.72. The Morgan fingerprint density at radius 2 is 2.07 bits per heavy atom. The summed E-state index contributed by atoms with van der Waals surface area (Å²) in [5.41, 5.74) is 1.68.